The lowest BCUT2D eigenvalue weighted by Gasteiger charge is -2.11. The predicted molar refractivity (Wildman–Crippen MR) is 94.8 cm³/mol. The number of carbonyl (C=O) groups excluding carboxylic acids is 3. The Hall–Kier alpha value is -3.15. The van der Waals surface area contributed by atoms with Crippen molar-refractivity contribution in [2.24, 2.45) is 0 Å². The lowest BCUT2D eigenvalue weighted by Crippen LogP contribution is -2.25. The highest BCUT2D eigenvalue weighted by Gasteiger charge is 2.15. The summed E-state index contributed by atoms with van der Waals surface area (Å²) >= 11 is 0. The average molecular weight is 340 g/mol. The van der Waals surface area contributed by atoms with E-state index in [4.69, 9.17) is 4.74 Å². The monoisotopic (exact) mass is 340 g/mol. The summed E-state index contributed by atoms with van der Waals surface area (Å²) in [5.41, 5.74) is 1.34. The molecule has 2 rings (SSSR count). The summed E-state index contributed by atoms with van der Waals surface area (Å²) in [5, 5.41) is 5.28. The minimum absolute atomic E-state index is 0.130. The molecule has 0 spiro atoms. The molecule has 130 valence electrons. The summed E-state index contributed by atoms with van der Waals surface area (Å²) in [7, 11) is 1.56. The number of rotatable bonds is 7. The Balaban J connectivity index is 2.12. The second-order valence-corrected chi connectivity index (χ2v) is 5.38. The van der Waals surface area contributed by atoms with Crippen molar-refractivity contribution in [3.05, 3.63) is 59.7 Å². The Morgan fingerprint density at radius 1 is 1.00 bits per heavy atom. The fourth-order valence-corrected chi connectivity index (χ4v) is 2.25. The van der Waals surface area contributed by atoms with E-state index < -0.39 is 0 Å². The molecule has 2 N–H and O–H groups in total. The fraction of sp³-hybridized carbons (Fsp3) is 0.211. The van der Waals surface area contributed by atoms with Gasteiger partial charge in [-0.3, -0.25) is 14.4 Å². The van der Waals surface area contributed by atoms with E-state index in [2.05, 4.69) is 10.6 Å². The molecule has 2 aromatic rings. The standard InChI is InChI=1S/C19H20N2O4/c1-13(22)20-12-11-18(23)21-17-6-4-3-5-16(17)19(24)14-7-9-15(25-2)10-8-14/h3-10H,11-12H2,1-2H3,(H,20,22)(H,21,23). The molecule has 0 aromatic heterocycles. The van der Waals surface area contributed by atoms with Gasteiger partial charge in [-0.25, -0.2) is 0 Å². The molecule has 0 saturated heterocycles. The molecule has 0 aliphatic carbocycles. The molecule has 2 aromatic carbocycles. The maximum Gasteiger partial charge on any atom is 0.226 e. The van der Waals surface area contributed by atoms with Crippen molar-refractivity contribution in [2.45, 2.75) is 13.3 Å². The molecule has 0 unspecified atom stereocenters. The van der Waals surface area contributed by atoms with Crippen molar-refractivity contribution in [2.75, 3.05) is 19.0 Å². The summed E-state index contributed by atoms with van der Waals surface area (Å²) in [6.45, 7) is 1.64. The van der Waals surface area contributed by atoms with Gasteiger partial charge < -0.3 is 15.4 Å². The first-order valence-corrected chi connectivity index (χ1v) is 7.83. The van der Waals surface area contributed by atoms with Crippen LogP contribution in [0.15, 0.2) is 48.5 Å². The summed E-state index contributed by atoms with van der Waals surface area (Å²) < 4.78 is 5.09. The maximum atomic E-state index is 12.7. The van der Waals surface area contributed by atoms with Gasteiger partial charge >= 0.3 is 0 Å². The quantitative estimate of drug-likeness (QED) is 0.758. The highest BCUT2D eigenvalue weighted by molar-refractivity contribution is 6.13. The van der Waals surface area contributed by atoms with E-state index in [1.165, 1.54) is 6.92 Å². The van der Waals surface area contributed by atoms with Crippen molar-refractivity contribution in [3.8, 4) is 5.75 Å². The van der Waals surface area contributed by atoms with E-state index >= 15 is 0 Å². The number of hydrogen-bond acceptors (Lipinski definition) is 4. The number of amides is 2. The lowest BCUT2D eigenvalue weighted by atomic mass is 10.0. The molecule has 0 heterocycles. The van der Waals surface area contributed by atoms with Crippen LogP contribution in [-0.4, -0.2) is 31.3 Å². The third-order valence-electron chi connectivity index (χ3n) is 3.52. The predicted octanol–water partition coefficient (Wildman–Crippen LogP) is 2.39. The van der Waals surface area contributed by atoms with Crippen LogP contribution < -0.4 is 15.4 Å². The molecule has 0 saturated carbocycles. The molecule has 0 radical (unpaired) electrons. The molecular weight excluding hydrogens is 320 g/mol. The molecule has 6 heteroatoms. The van der Waals surface area contributed by atoms with Crippen molar-refractivity contribution >= 4 is 23.3 Å². The second kappa shape index (κ2) is 8.63. The third-order valence-corrected chi connectivity index (χ3v) is 3.52. The van der Waals surface area contributed by atoms with Crippen LogP contribution in [0.2, 0.25) is 0 Å². The number of ether oxygens (including phenoxy) is 1. The third kappa shape index (κ3) is 5.17. The van der Waals surface area contributed by atoms with E-state index in [9.17, 15) is 14.4 Å². The maximum absolute atomic E-state index is 12.7. The van der Waals surface area contributed by atoms with E-state index in [0.29, 0.717) is 22.6 Å². The largest absolute Gasteiger partial charge is 0.497 e. The number of carbonyl (C=O) groups is 3. The number of ketones is 1. The Labute approximate surface area is 146 Å². The van der Waals surface area contributed by atoms with Crippen molar-refractivity contribution < 1.29 is 19.1 Å². The molecule has 0 aliphatic heterocycles. The van der Waals surface area contributed by atoms with Crippen molar-refractivity contribution in [3.63, 3.8) is 0 Å². The van der Waals surface area contributed by atoms with Gasteiger partial charge in [0.2, 0.25) is 11.8 Å². The van der Waals surface area contributed by atoms with Gasteiger partial charge in [0.15, 0.2) is 5.78 Å². The summed E-state index contributed by atoms with van der Waals surface area (Å²) in [6.07, 6.45) is 0.130. The Bertz CT molecular complexity index is 769. The molecule has 25 heavy (non-hydrogen) atoms. The molecule has 0 aliphatic rings. The second-order valence-electron chi connectivity index (χ2n) is 5.38. The zero-order chi connectivity index (χ0) is 18.2. The average Bonchev–Trinajstić information content (AvgIpc) is 2.61. The Kier molecular flexibility index (Phi) is 6.28. The molecule has 6 nitrogen and oxygen atoms in total. The van der Waals surface area contributed by atoms with Gasteiger partial charge in [0.25, 0.3) is 0 Å². The van der Waals surface area contributed by atoms with Gasteiger partial charge in [-0.05, 0) is 36.4 Å². The van der Waals surface area contributed by atoms with Crippen LogP contribution in [0, 0.1) is 0 Å². The fourth-order valence-electron chi connectivity index (χ4n) is 2.25. The van der Waals surface area contributed by atoms with E-state index in [1.54, 1.807) is 55.6 Å². The van der Waals surface area contributed by atoms with Crippen LogP contribution in [0.1, 0.15) is 29.3 Å². The lowest BCUT2D eigenvalue weighted by molar-refractivity contribution is -0.119. The number of para-hydroxylation sites is 1. The minimum atomic E-state index is -0.274. The number of methoxy groups -OCH3 is 1. The van der Waals surface area contributed by atoms with Crippen LogP contribution in [0.4, 0.5) is 5.69 Å². The molecule has 2 amide bonds. The molecule has 0 atom stereocenters. The van der Waals surface area contributed by atoms with E-state index in [1.807, 2.05) is 0 Å². The van der Waals surface area contributed by atoms with Crippen LogP contribution in [0.5, 0.6) is 5.75 Å². The number of benzene rings is 2. The number of nitrogens with one attached hydrogen (secondary N) is 2. The van der Waals surface area contributed by atoms with Gasteiger partial charge in [0.1, 0.15) is 5.75 Å². The number of hydrogen-bond donors (Lipinski definition) is 2. The summed E-state index contributed by atoms with van der Waals surface area (Å²) in [5.74, 6) is 0.00291. The first kappa shape index (κ1) is 18.2. The van der Waals surface area contributed by atoms with Crippen LogP contribution in [0.3, 0.4) is 0 Å². The van der Waals surface area contributed by atoms with Crippen LogP contribution in [0.25, 0.3) is 0 Å². The topological polar surface area (TPSA) is 84.5 Å². The minimum Gasteiger partial charge on any atom is -0.497 e. The van der Waals surface area contributed by atoms with Crippen LogP contribution in [-0.2, 0) is 9.59 Å². The highest BCUT2D eigenvalue weighted by Crippen LogP contribution is 2.21. The van der Waals surface area contributed by atoms with Gasteiger partial charge in [0, 0.05) is 31.0 Å². The molecule has 0 fully saturated rings. The normalized spacial score (nSPS) is 10.0. The van der Waals surface area contributed by atoms with Crippen LogP contribution >= 0.6 is 0 Å². The van der Waals surface area contributed by atoms with Gasteiger partial charge in [0.05, 0.1) is 12.8 Å². The van der Waals surface area contributed by atoms with Gasteiger partial charge in [-0.15, -0.1) is 0 Å². The zero-order valence-corrected chi connectivity index (χ0v) is 14.2. The SMILES string of the molecule is COc1ccc(C(=O)c2ccccc2NC(=O)CCNC(C)=O)cc1. The summed E-state index contributed by atoms with van der Waals surface area (Å²) in [6, 6.07) is 13.6. The van der Waals surface area contributed by atoms with Crippen molar-refractivity contribution in [1.29, 1.82) is 0 Å². The summed E-state index contributed by atoms with van der Waals surface area (Å²) in [4.78, 5) is 35.5. The van der Waals surface area contributed by atoms with E-state index in [0.717, 1.165) is 0 Å². The van der Waals surface area contributed by atoms with E-state index in [-0.39, 0.29) is 30.6 Å². The Morgan fingerprint density at radius 3 is 2.32 bits per heavy atom. The Morgan fingerprint density at radius 2 is 1.68 bits per heavy atom. The number of anilines is 1. The van der Waals surface area contributed by atoms with Gasteiger partial charge in [-0.2, -0.15) is 0 Å². The smallest absolute Gasteiger partial charge is 0.226 e. The van der Waals surface area contributed by atoms with Crippen molar-refractivity contribution in [1.82, 2.24) is 5.32 Å². The highest BCUT2D eigenvalue weighted by atomic mass is 16.5. The first-order chi connectivity index (χ1) is 12.0. The molecule has 0 bridgehead atoms. The molecular formula is C19H20N2O4. The van der Waals surface area contributed by atoms with Gasteiger partial charge in [-0.1, -0.05) is 12.1 Å². The zero-order valence-electron chi connectivity index (χ0n) is 14.2. The first-order valence-electron chi connectivity index (χ1n) is 7.83.